The molecule has 1 rings (SSSR count). The van der Waals surface area contributed by atoms with Crippen LogP contribution in [0.1, 0.15) is 44.4 Å². The van der Waals surface area contributed by atoms with Crippen LogP contribution >= 0.6 is 11.6 Å². The monoisotopic (exact) mass is 216 g/mol. The van der Waals surface area contributed by atoms with Gasteiger partial charge in [-0.15, -0.1) is 21.8 Å². The van der Waals surface area contributed by atoms with Gasteiger partial charge in [0, 0.05) is 18.7 Å². The average molecular weight is 217 g/mol. The molecule has 0 amide bonds. The Bertz CT molecular complexity index is 250. The molecule has 0 unspecified atom stereocenters. The van der Waals surface area contributed by atoms with Crippen molar-refractivity contribution in [2.45, 2.75) is 45.4 Å². The van der Waals surface area contributed by atoms with Crippen LogP contribution in [-0.2, 0) is 12.8 Å². The van der Waals surface area contributed by atoms with Gasteiger partial charge in [-0.3, -0.25) is 0 Å². The highest BCUT2D eigenvalue weighted by Crippen LogP contribution is 2.07. The molecule has 80 valence electrons. The van der Waals surface area contributed by atoms with E-state index in [0.717, 1.165) is 18.7 Å². The van der Waals surface area contributed by atoms with Crippen molar-refractivity contribution < 1.29 is 4.42 Å². The largest absolute Gasteiger partial charge is 0.425 e. The van der Waals surface area contributed by atoms with Gasteiger partial charge in [0.1, 0.15) is 0 Å². The molecule has 1 aromatic rings. The predicted octanol–water partition coefficient (Wildman–Crippen LogP) is 2.97. The van der Waals surface area contributed by atoms with Gasteiger partial charge in [0.15, 0.2) is 0 Å². The number of hydrogen-bond acceptors (Lipinski definition) is 3. The van der Waals surface area contributed by atoms with E-state index < -0.39 is 0 Å². The lowest BCUT2D eigenvalue weighted by Gasteiger charge is -1.94. The Morgan fingerprint density at radius 1 is 1.07 bits per heavy atom. The summed E-state index contributed by atoms with van der Waals surface area (Å²) in [5.74, 6) is 1.95. The van der Waals surface area contributed by atoms with Crippen molar-refractivity contribution in [2.24, 2.45) is 0 Å². The van der Waals surface area contributed by atoms with E-state index in [-0.39, 0.29) is 0 Å². The molecule has 0 saturated heterocycles. The van der Waals surface area contributed by atoms with Crippen LogP contribution in [0.2, 0.25) is 0 Å². The van der Waals surface area contributed by atoms with Gasteiger partial charge in [0.2, 0.25) is 11.8 Å². The lowest BCUT2D eigenvalue weighted by atomic mass is 10.1. The average Bonchev–Trinajstić information content (AvgIpc) is 2.61. The van der Waals surface area contributed by atoms with Gasteiger partial charge in [-0.2, -0.15) is 0 Å². The van der Waals surface area contributed by atoms with Crippen molar-refractivity contribution >= 4 is 11.6 Å². The molecule has 0 aliphatic rings. The highest BCUT2D eigenvalue weighted by Gasteiger charge is 2.04. The van der Waals surface area contributed by atoms with Gasteiger partial charge in [0.05, 0.1) is 0 Å². The van der Waals surface area contributed by atoms with Gasteiger partial charge in [-0.1, -0.05) is 26.2 Å². The number of unbranched alkanes of at least 4 members (excludes halogenated alkanes) is 3. The SMILES string of the molecule is CCCCCCc1nnc(CCCl)o1. The zero-order valence-electron chi connectivity index (χ0n) is 8.63. The Labute approximate surface area is 89.9 Å². The van der Waals surface area contributed by atoms with E-state index in [0.29, 0.717) is 18.2 Å². The third kappa shape index (κ3) is 4.09. The summed E-state index contributed by atoms with van der Waals surface area (Å²) in [6, 6.07) is 0. The van der Waals surface area contributed by atoms with Crippen molar-refractivity contribution in [3.05, 3.63) is 11.8 Å². The van der Waals surface area contributed by atoms with Crippen LogP contribution in [-0.4, -0.2) is 16.1 Å². The number of hydrogen-bond donors (Lipinski definition) is 0. The van der Waals surface area contributed by atoms with Crippen LogP contribution in [0.5, 0.6) is 0 Å². The van der Waals surface area contributed by atoms with E-state index in [1.165, 1.54) is 19.3 Å². The first-order valence-corrected chi connectivity index (χ1v) is 5.77. The van der Waals surface area contributed by atoms with Crippen molar-refractivity contribution in [1.82, 2.24) is 10.2 Å². The Balaban J connectivity index is 2.22. The first kappa shape index (κ1) is 11.5. The molecule has 4 heteroatoms. The van der Waals surface area contributed by atoms with Crippen LogP contribution in [0.25, 0.3) is 0 Å². The number of aryl methyl sites for hydroxylation is 2. The van der Waals surface area contributed by atoms with Crippen molar-refractivity contribution in [1.29, 1.82) is 0 Å². The molecular formula is C10H17ClN2O. The summed E-state index contributed by atoms with van der Waals surface area (Å²) in [5.41, 5.74) is 0. The van der Waals surface area contributed by atoms with Gasteiger partial charge >= 0.3 is 0 Å². The molecule has 0 aliphatic carbocycles. The van der Waals surface area contributed by atoms with E-state index in [1.54, 1.807) is 0 Å². The summed E-state index contributed by atoms with van der Waals surface area (Å²) in [4.78, 5) is 0. The molecular weight excluding hydrogens is 200 g/mol. The summed E-state index contributed by atoms with van der Waals surface area (Å²) >= 11 is 5.56. The van der Waals surface area contributed by atoms with Crippen LogP contribution < -0.4 is 0 Å². The topological polar surface area (TPSA) is 38.9 Å². The van der Waals surface area contributed by atoms with E-state index in [1.807, 2.05) is 0 Å². The second-order valence-corrected chi connectivity index (χ2v) is 3.72. The molecule has 3 nitrogen and oxygen atoms in total. The molecule has 0 spiro atoms. The smallest absolute Gasteiger partial charge is 0.217 e. The minimum absolute atomic E-state index is 0.539. The van der Waals surface area contributed by atoms with Crippen LogP contribution in [0.15, 0.2) is 4.42 Å². The van der Waals surface area contributed by atoms with Gasteiger partial charge in [-0.25, -0.2) is 0 Å². The fraction of sp³-hybridized carbons (Fsp3) is 0.800. The summed E-state index contributed by atoms with van der Waals surface area (Å²) in [5, 5.41) is 7.86. The predicted molar refractivity (Wildman–Crippen MR) is 56.6 cm³/mol. The van der Waals surface area contributed by atoms with Crippen molar-refractivity contribution in [3.63, 3.8) is 0 Å². The first-order valence-electron chi connectivity index (χ1n) is 5.24. The highest BCUT2D eigenvalue weighted by atomic mass is 35.5. The van der Waals surface area contributed by atoms with Crippen molar-refractivity contribution in [2.75, 3.05) is 5.88 Å². The van der Waals surface area contributed by atoms with Crippen LogP contribution in [0.4, 0.5) is 0 Å². The lowest BCUT2D eigenvalue weighted by Crippen LogP contribution is -1.85. The molecule has 0 radical (unpaired) electrons. The summed E-state index contributed by atoms with van der Waals surface area (Å²) in [7, 11) is 0. The lowest BCUT2D eigenvalue weighted by molar-refractivity contribution is 0.445. The number of alkyl halides is 1. The maximum absolute atomic E-state index is 5.56. The maximum Gasteiger partial charge on any atom is 0.217 e. The fourth-order valence-corrected chi connectivity index (χ4v) is 1.44. The number of rotatable bonds is 7. The van der Waals surface area contributed by atoms with Gasteiger partial charge in [-0.05, 0) is 6.42 Å². The summed E-state index contributed by atoms with van der Waals surface area (Å²) in [6.45, 7) is 2.20. The molecule has 0 fully saturated rings. The molecule has 0 atom stereocenters. The van der Waals surface area contributed by atoms with Crippen molar-refractivity contribution in [3.8, 4) is 0 Å². The minimum Gasteiger partial charge on any atom is -0.425 e. The van der Waals surface area contributed by atoms with E-state index >= 15 is 0 Å². The van der Waals surface area contributed by atoms with Crippen LogP contribution in [0.3, 0.4) is 0 Å². The quantitative estimate of drug-likeness (QED) is 0.520. The second kappa shape index (κ2) is 6.82. The minimum atomic E-state index is 0.539. The zero-order valence-corrected chi connectivity index (χ0v) is 9.39. The molecule has 0 aliphatic heterocycles. The second-order valence-electron chi connectivity index (χ2n) is 3.34. The van der Waals surface area contributed by atoms with E-state index in [9.17, 15) is 0 Å². The summed E-state index contributed by atoms with van der Waals surface area (Å²) < 4.78 is 5.40. The third-order valence-electron chi connectivity index (χ3n) is 2.06. The maximum atomic E-state index is 5.56. The summed E-state index contributed by atoms with van der Waals surface area (Å²) in [6.07, 6.45) is 6.48. The fourth-order valence-electron chi connectivity index (χ4n) is 1.27. The molecule has 0 saturated carbocycles. The van der Waals surface area contributed by atoms with E-state index in [2.05, 4.69) is 17.1 Å². The normalized spacial score (nSPS) is 10.7. The Morgan fingerprint density at radius 3 is 2.43 bits per heavy atom. The Kier molecular flexibility index (Phi) is 5.60. The third-order valence-corrected chi connectivity index (χ3v) is 2.25. The number of halogens is 1. The van der Waals surface area contributed by atoms with Crippen LogP contribution in [0, 0.1) is 0 Å². The Hall–Kier alpha value is -0.570. The Morgan fingerprint density at radius 2 is 1.79 bits per heavy atom. The zero-order chi connectivity index (χ0) is 10.2. The molecule has 0 aromatic carbocycles. The molecule has 0 N–H and O–H groups in total. The van der Waals surface area contributed by atoms with Gasteiger partial charge < -0.3 is 4.42 Å². The molecule has 0 bridgehead atoms. The highest BCUT2D eigenvalue weighted by molar-refractivity contribution is 6.17. The number of aromatic nitrogens is 2. The van der Waals surface area contributed by atoms with Gasteiger partial charge in [0.25, 0.3) is 0 Å². The molecule has 14 heavy (non-hydrogen) atoms. The number of nitrogens with zero attached hydrogens (tertiary/aromatic N) is 2. The van der Waals surface area contributed by atoms with E-state index in [4.69, 9.17) is 16.0 Å². The first-order chi connectivity index (χ1) is 6.86. The molecule has 1 aromatic heterocycles. The molecule has 1 heterocycles. The standard InChI is InChI=1S/C10H17ClN2O/c1-2-3-4-5-6-9-12-13-10(14-9)7-8-11/h2-8H2,1H3.